The molecule has 3 aromatic carbocycles. The molecule has 3 aromatic rings. The van der Waals surface area contributed by atoms with E-state index in [1.165, 1.54) is 291 Å². The van der Waals surface area contributed by atoms with Crippen LogP contribution in [0, 0.1) is 143 Å². The van der Waals surface area contributed by atoms with Crippen LogP contribution in [-0.2, 0) is 77.2 Å². The van der Waals surface area contributed by atoms with Gasteiger partial charge in [-0.3, -0.25) is 0 Å². The SMILES string of the molecule is C1COCC[NH+]2CCOCCOCC[NH+](CCO1)CCOCCOCC2.CC(C)(C)c1cc(C23CC4CC(CC(C4)C2)C3)c([O-])c(C23CC4CC(CC(C4)C2)C3)c1.CC(C)(C)c1cc(C23CC4CC(CC(C4)C2)C3)c([O-])c(C23CC4CC(CC(C4)C2)C3)c1.CC(C)(C)c1cc(C23CC4CC(CC(C4)C2)C3)c([O-])c(C23CC4CC(CC(C4)C2)C3)c1.[K+].[Lu]. The molecule has 24 saturated carbocycles. The van der Waals surface area contributed by atoms with Crippen LogP contribution in [0.4, 0.5) is 0 Å². The third-order valence-electron chi connectivity index (χ3n) is 38.2. The van der Waals surface area contributed by atoms with Gasteiger partial charge in [0.1, 0.15) is 39.3 Å². The van der Waals surface area contributed by atoms with Gasteiger partial charge in [-0.15, -0.1) is 17.2 Å². The average Bonchev–Trinajstić information content (AvgIpc) is 0.713. The molecule has 13 heteroatoms. The zero-order valence-corrected chi connectivity index (χ0v) is 82.3. The van der Waals surface area contributed by atoms with Crippen LogP contribution in [-0.4, -0.2) is 119 Å². The summed E-state index contributed by atoms with van der Waals surface area (Å²) in [4.78, 5) is 2.88. The molecule has 121 heavy (non-hydrogen) atoms. The molecule has 3 aliphatic heterocycles. The van der Waals surface area contributed by atoms with Gasteiger partial charge in [0.25, 0.3) is 0 Å². The zero-order chi connectivity index (χ0) is 81.6. The maximum Gasteiger partial charge on any atom is 1.00 e. The Balaban J connectivity index is 0.000000110. The second kappa shape index (κ2) is 36.2. The molecule has 0 aromatic heterocycles. The fourth-order valence-electron chi connectivity index (χ4n) is 35.2. The van der Waals surface area contributed by atoms with Crippen molar-refractivity contribution in [1.29, 1.82) is 0 Å². The largest absolute Gasteiger partial charge is 1.00 e. The van der Waals surface area contributed by atoms with E-state index >= 15 is 0 Å². The Morgan fingerprint density at radius 1 is 0.223 bits per heavy atom. The number of nitrogens with one attached hydrogen (secondary N) is 2. The van der Waals surface area contributed by atoms with Crippen LogP contribution in [0.2, 0.25) is 0 Å². The average molecular weight is 1850 g/mol. The molecule has 673 valence electrons. The van der Waals surface area contributed by atoms with Crippen LogP contribution in [0.15, 0.2) is 36.4 Å². The molecular formula is C108H161KLuN2O9. The summed E-state index contributed by atoms with van der Waals surface area (Å²) in [6, 6.07) is 14.6. The summed E-state index contributed by atoms with van der Waals surface area (Å²) in [7, 11) is 0. The second-order valence-electron chi connectivity index (χ2n) is 50.3. The topological polar surface area (TPSA) is 133 Å². The molecule has 11 nitrogen and oxygen atoms in total. The normalized spacial score (nSPS) is 42.9. The summed E-state index contributed by atoms with van der Waals surface area (Å²) in [5.74, 6) is 17.6. The fourth-order valence-corrected chi connectivity index (χ4v) is 35.2. The number of rotatable bonds is 6. The standard InChI is InChI=1S/3C30H42O.C18H36N2O6.K.Lu/c3*1-28(2,3)24-10-25(29-12-18-4-19(13-29)6-20(5-18)14-29)27(31)26(11-24)30-15-21-7-22(16-30)9-23(8-21)17-30;1-7-21-13-14-24-10-4-20-5-11-25-17-15-22-8-2-19(1)3-9-23-16-18-26-12-6-20;;/h3*10-11,18-23,31H,4-9,12-17H2,1-3H3;1-18H2;;/q;;;;+1;/p-1. The molecule has 3 saturated heterocycles. The van der Waals surface area contributed by atoms with Crippen molar-refractivity contribution in [2.75, 3.05) is 119 Å². The van der Waals surface area contributed by atoms with E-state index in [-0.39, 0.29) is 137 Å². The van der Waals surface area contributed by atoms with E-state index in [4.69, 9.17) is 28.4 Å². The molecule has 3 heterocycles. The third kappa shape index (κ3) is 18.8. The zero-order valence-electron chi connectivity index (χ0n) is 77.5. The van der Waals surface area contributed by atoms with Crippen LogP contribution in [0.5, 0.6) is 17.2 Å². The van der Waals surface area contributed by atoms with Gasteiger partial charge in [-0.1, -0.05) is 98.7 Å². The van der Waals surface area contributed by atoms with E-state index in [1.54, 1.807) is 0 Å². The first kappa shape index (κ1) is 91.1. The maximum absolute atomic E-state index is 14.5. The Morgan fingerprint density at radius 3 is 0.446 bits per heavy atom. The fraction of sp³-hybridized carbons (Fsp3) is 0.833. The van der Waals surface area contributed by atoms with Gasteiger partial charge in [0.2, 0.25) is 0 Å². The Bertz CT molecular complexity index is 3240. The van der Waals surface area contributed by atoms with E-state index in [1.807, 2.05) is 0 Å². The van der Waals surface area contributed by atoms with Gasteiger partial charge in [0.15, 0.2) is 0 Å². The monoisotopic (exact) mass is 1840 g/mol. The maximum atomic E-state index is 14.5. The number of benzene rings is 3. The molecule has 0 amide bonds. The van der Waals surface area contributed by atoms with Gasteiger partial charge < -0.3 is 53.5 Å². The third-order valence-corrected chi connectivity index (χ3v) is 38.2. The molecule has 24 aliphatic carbocycles. The predicted octanol–water partition coefficient (Wildman–Crippen LogP) is 14.9. The van der Waals surface area contributed by atoms with Crippen LogP contribution < -0.4 is 76.5 Å². The van der Waals surface area contributed by atoms with Crippen LogP contribution in [0.3, 0.4) is 0 Å². The summed E-state index contributed by atoms with van der Waals surface area (Å²) in [6.45, 7) is 35.3. The number of fused-ring (bicyclic) bond motifs is 21. The van der Waals surface area contributed by atoms with E-state index in [0.29, 0.717) is 56.9 Å². The molecule has 0 spiro atoms. The van der Waals surface area contributed by atoms with Gasteiger partial charge in [-0.25, -0.2) is 0 Å². The number of hydrogen-bond donors (Lipinski definition) is 2. The number of hydrogen-bond acceptors (Lipinski definition) is 9. The molecule has 27 fully saturated rings. The van der Waals surface area contributed by atoms with Crippen molar-refractivity contribution in [2.24, 2.45) is 107 Å². The minimum Gasteiger partial charge on any atom is -0.872 e. The smallest absolute Gasteiger partial charge is 0.872 e. The first-order valence-corrected chi connectivity index (χ1v) is 50.8. The summed E-state index contributed by atoms with van der Waals surface area (Å²) in [5.41, 5.74) is 13.6. The van der Waals surface area contributed by atoms with Crippen molar-refractivity contribution >= 4 is 0 Å². The molecule has 0 atom stereocenters. The molecule has 0 unspecified atom stereocenters. The Hall–Kier alpha value is -0.390. The minimum atomic E-state index is 0. The second-order valence-corrected chi connectivity index (χ2v) is 50.3. The molecule has 30 rings (SSSR count). The van der Waals surface area contributed by atoms with E-state index in [9.17, 15) is 15.3 Å². The Morgan fingerprint density at radius 2 is 0.339 bits per heavy atom. The van der Waals surface area contributed by atoms with E-state index in [2.05, 4.69) is 98.7 Å². The Labute approximate surface area is 804 Å². The molecule has 1 radical (unpaired) electrons. The summed E-state index contributed by atoms with van der Waals surface area (Å²) in [6.07, 6.45) is 49.7. The van der Waals surface area contributed by atoms with Crippen LogP contribution in [0.1, 0.15) is 344 Å². The number of ether oxygens (including phenoxy) is 6. The molecular weight excluding hydrogens is 1680 g/mol. The predicted molar refractivity (Wildman–Crippen MR) is 469 cm³/mol. The van der Waals surface area contributed by atoms with Gasteiger partial charge >= 0.3 is 51.4 Å². The molecule has 26 bridgehead atoms. The van der Waals surface area contributed by atoms with Crippen molar-refractivity contribution in [1.82, 2.24) is 0 Å². The van der Waals surface area contributed by atoms with Crippen molar-refractivity contribution in [3.8, 4) is 17.2 Å². The summed E-state index contributed by atoms with van der Waals surface area (Å²) in [5, 5.41) is 43.4. The minimum absolute atomic E-state index is 0. The van der Waals surface area contributed by atoms with Crippen LogP contribution in [0.25, 0.3) is 0 Å². The number of quaternary nitrogens is 2. The Kier molecular flexibility index (Phi) is 27.3. The first-order chi connectivity index (χ1) is 57.1. The quantitative estimate of drug-likeness (QED) is 0.231. The van der Waals surface area contributed by atoms with Crippen molar-refractivity contribution in [2.45, 2.75) is 342 Å². The molecule has 27 aliphatic rings. The van der Waals surface area contributed by atoms with Gasteiger partial charge in [0.05, 0.1) is 79.3 Å². The summed E-state index contributed by atoms with van der Waals surface area (Å²) < 4.78 is 34.4. The van der Waals surface area contributed by atoms with Crippen molar-refractivity contribution in [3.63, 3.8) is 0 Å². The van der Waals surface area contributed by atoms with Gasteiger partial charge in [-0.2, -0.15) is 0 Å². The van der Waals surface area contributed by atoms with E-state index < -0.39 is 0 Å². The van der Waals surface area contributed by atoms with Crippen molar-refractivity contribution < 1.29 is 142 Å². The molecule has 2 N–H and O–H groups in total. The van der Waals surface area contributed by atoms with Gasteiger partial charge in [0, 0.05) is 36.9 Å². The van der Waals surface area contributed by atoms with Crippen LogP contribution >= 0.6 is 0 Å². The summed E-state index contributed by atoms with van der Waals surface area (Å²) >= 11 is 0. The van der Waals surface area contributed by atoms with Gasteiger partial charge in [-0.05, 0) is 436 Å². The van der Waals surface area contributed by atoms with E-state index in [0.717, 1.165) is 185 Å². The first-order valence-electron chi connectivity index (χ1n) is 50.8. The van der Waals surface area contributed by atoms with Crippen molar-refractivity contribution in [3.05, 3.63) is 86.5 Å².